The van der Waals surface area contributed by atoms with Crippen LogP contribution in [0.2, 0.25) is 5.02 Å². The van der Waals surface area contributed by atoms with Gasteiger partial charge in [0.1, 0.15) is 4.90 Å². The molecule has 2 aliphatic rings. The average molecular weight is 405 g/mol. The number of benzene rings is 2. The smallest absolute Gasteiger partial charge is 0.263 e. The SMILES string of the molecule is O=C(N[C@H]1C[C@@H]2CC[C@@H]1C2)c1ccc(Cl)c(S(=O)(=O)Nc2ccccc2)c1. The monoisotopic (exact) mass is 404 g/mol. The predicted molar refractivity (Wildman–Crippen MR) is 105 cm³/mol. The number of carbonyl (C=O) groups is 1. The molecule has 0 radical (unpaired) electrons. The van der Waals surface area contributed by atoms with Crippen molar-refractivity contribution in [2.45, 2.75) is 36.6 Å². The Labute approximate surface area is 164 Å². The van der Waals surface area contributed by atoms with Crippen molar-refractivity contribution in [2.24, 2.45) is 11.8 Å². The van der Waals surface area contributed by atoms with E-state index in [-0.39, 0.29) is 21.9 Å². The Balaban J connectivity index is 1.55. The summed E-state index contributed by atoms with van der Waals surface area (Å²) in [5.41, 5.74) is 0.737. The molecule has 27 heavy (non-hydrogen) atoms. The van der Waals surface area contributed by atoms with Crippen molar-refractivity contribution in [3.63, 3.8) is 0 Å². The van der Waals surface area contributed by atoms with Crippen molar-refractivity contribution in [2.75, 3.05) is 4.72 Å². The molecule has 1 amide bonds. The van der Waals surface area contributed by atoms with Crippen molar-refractivity contribution in [1.82, 2.24) is 5.32 Å². The van der Waals surface area contributed by atoms with E-state index in [0.29, 0.717) is 17.2 Å². The summed E-state index contributed by atoms with van der Waals surface area (Å²) in [4.78, 5) is 12.6. The average Bonchev–Trinajstić information content (AvgIpc) is 3.25. The van der Waals surface area contributed by atoms with Gasteiger partial charge in [-0.15, -0.1) is 0 Å². The van der Waals surface area contributed by atoms with Gasteiger partial charge in [-0.3, -0.25) is 9.52 Å². The normalized spacial score (nSPS) is 24.0. The standard InChI is InChI=1S/C20H21ClN2O3S/c21-17-9-8-15(20(24)22-18-11-13-6-7-14(18)10-13)12-19(17)27(25,26)23-16-4-2-1-3-5-16/h1-5,8-9,12-14,18,23H,6-7,10-11H2,(H,22,24)/t13-,14-,18+/m1/s1. The van der Waals surface area contributed by atoms with Gasteiger partial charge in [0.05, 0.1) is 5.02 Å². The van der Waals surface area contributed by atoms with Crippen LogP contribution >= 0.6 is 11.6 Å². The minimum absolute atomic E-state index is 0.0786. The molecule has 0 aliphatic heterocycles. The first kappa shape index (κ1) is 18.3. The third-order valence-corrected chi connectivity index (χ3v) is 7.43. The second-order valence-corrected chi connectivity index (χ2v) is 9.43. The zero-order valence-corrected chi connectivity index (χ0v) is 16.3. The predicted octanol–water partition coefficient (Wildman–Crippen LogP) is 4.06. The molecule has 0 spiro atoms. The number of para-hydroxylation sites is 1. The number of hydrogen-bond acceptors (Lipinski definition) is 3. The fourth-order valence-corrected chi connectivity index (χ4v) is 5.83. The Bertz CT molecular complexity index is 962. The molecule has 0 heterocycles. The van der Waals surface area contributed by atoms with Crippen molar-refractivity contribution in [1.29, 1.82) is 0 Å². The zero-order chi connectivity index (χ0) is 19.0. The number of amides is 1. The molecule has 2 fully saturated rings. The van der Waals surface area contributed by atoms with Gasteiger partial charge in [0.25, 0.3) is 15.9 Å². The molecule has 7 heteroatoms. The van der Waals surface area contributed by atoms with Crippen molar-refractivity contribution >= 4 is 33.2 Å². The van der Waals surface area contributed by atoms with Crippen LogP contribution in [0.1, 0.15) is 36.0 Å². The third kappa shape index (κ3) is 3.82. The highest BCUT2D eigenvalue weighted by atomic mass is 35.5. The van der Waals surface area contributed by atoms with E-state index in [1.54, 1.807) is 36.4 Å². The molecule has 3 atom stereocenters. The molecule has 2 aliphatic carbocycles. The maximum atomic E-state index is 12.7. The van der Waals surface area contributed by atoms with E-state index in [9.17, 15) is 13.2 Å². The highest BCUT2D eigenvalue weighted by Crippen LogP contribution is 2.44. The van der Waals surface area contributed by atoms with Gasteiger partial charge < -0.3 is 5.32 Å². The molecule has 5 nitrogen and oxygen atoms in total. The Kier molecular flexibility index (Phi) is 4.86. The first-order valence-electron chi connectivity index (χ1n) is 9.10. The second-order valence-electron chi connectivity index (χ2n) is 7.37. The largest absolute Gasteiger partial charge is 0.349 e. The molecule has 0 saturated heterocycles. The first-order valence-corrected chi connectivity index (χ1v) is 11.0. The van der Waals surface area contributed by atoms with Crippen LogP contribution < -0.4 is 10.0 Å². The number of hydrogen-bond donors (Lipinski definition) is 2. The van der Waals surface area contributed by atoms with Gasteiger partial charge in [-0.25, -0.2) is 8.42 Å². The Morgan fingerprint density at radius 2 is 1.81 bits per heavy atom. The van der Waals surface area contributed by atoms with E-state index in [1.807, 2.05) is 0 Å². The van der Waals surface area contributed by atoms with E-state index in [4.69, 9.17) is 11.6 Å². The molecule has 0 aromatic heterocycles. The lowest BCUT2D eigenvalue weighted by molar-refractivity contribution is 0.0922. The lowest BCUT2D eigenvalue weighted by Crippen LogP contribution is -2.38. The zero-order valence-electron chi connectivity index (χ0n) is 14.7. The van der Waals surface area contributed by atoms with Gasteiger partial charge in [-0.05, 0) is 61.4 Å². The summed E-state index contributed by atoms with van der Waals surface area (Å²) in [6.45, 7) is 0. The van der Waals surface area contributed by atoms with Crippen LogP contribution in [0, 0.1) is 11.8 Å². The number of fused-ring (bicyclic) bond motifs is 2. The molecule has 2 bridgehead atoms. The lowest BCUT2D eigenvalue weighted by atomic mass is 9.95. The number of halogens is 1. The second kappa shape index (κ2) is 7.17. The molecule has 2 aromatic carbocycles. The molecule has 2 saturated carbocycles. The summed E-state index contributed by atoms with van der Waals surface area (Å²) in [6, 6.07) is 13.1. The van der Waals surface area contributed by atoms with Crippen LogP contribution in [0.4, 0.5) is 5.69 Å². The highest BCUT2D eigenvalue weighted by molar-refractivity contribution is 7.92. The van der Waals surface area contributed by atoms with Gasteiger partial charge >= 0.3 is 0 Å². The fourth-order valence-electron chi connectivity index (χ4n) is 4.24. The van der Waals surface area contributed by atoms with Gasteiger partial charge in [-0.2, -0.15) is 0 Å². The summed E-state index contributed by atoms with van der Waals surface area (Å²) < 4.78 is 27.9. The third-order valence-electron chi connectivity index (χ3n) is 5.56. The summed E-state index contributed by atoms with van der Waals surface area (Å²) in [5.74, 6) is 1.02. The Morgan fingerprint density at radius 3 is 2.48 bits per heavy atom. The lowest BCUT2D eigenvalue weighted by Gasteiger charge is -2.23. The quantitative estimate of drug-likeness (QED) is 0.789. The fraction of sp³-hybridized carbons (Fsp3) is 0.350. The van der Waals surface area contributed by atoms with E-state index in [0.717, 1.165) is 18.8 Å². The van der Waals surface area contributed by atoms with Crippen LogP contribution in [-0.4, -0.2) is 20.4 Å². The minimum Gasteiger partial charge on any atom is -0.349 e. The van der Waals surface area contributed by atoms with Gasteiger partial charge in [0.15, 0.2) is 0 Å². The molecule has 2 N–H and O–H groups in total. The van der Waals surface area contributed by atoms with E-state index >= 15 is 0 Å². The summed E-state index contributed by atoms with van der Waals surface area (Å²) in [6.07, 6.45) is 4.62. The van der Waals surface area contributed by atoms with Crippen molar-refractivity contribution in [3.8, 4) is 0 Å². The van der Waals surface area contributed by atoms with Crippen LogP contribution in [0.15, 0.2) is 53.4 Å². The molecule has 4 rings (SSSR count). The van der Waals surface area contributed by atoms with Crippen LogP contribution in [0.25, 0.3) is 0 Å². The Morgan fingerprint density at radius 1 is 1.04 bits per heavy atom. The molecule has 2 aromatic rings. The molecular weight excluding hydrogens is 384 g/mol. The summed E-state index contributed by atoms with van der Waals surface area (Å²) in [5, 5.41) is 3.16. The minimum atomic E-state index is -3.90. The van der Waals surface area contributed by atoms with Crippen LogP contribution in [-0.2, 0) is 10.0 Å². The number of sulfonamides is 1. The summed E-state index contributed by atoms with van der Waals surface area (Å²) in [7, 11) is -3.90. The van der Waals surface area contributed by atoms with Gasteiger partial charge in [0, 0.05) is 17.3 Å². The number of nitrogens with one attached hydrogen (secondary N) is 2. The van der Waals surface area contributed by atoms with E-state index in [1.165, 1.54) is 25.0 Å². The van der Waals surface area contributed by atoms with Gasteiger partial charge in [-0.1, -0.05) is 36.2 Å². The topological polar surface area (TPSA) is 75.3 Å². The summed E-state index contributed by atoms with van der Waals surface area (Å²) >= 11 is 6.12. The molecule has 0 unspecified atom stereocenters. The Hall–Kier alpha value is -2.05. The maximum Gasteiger partial charge on any atom is 0.263 e. The van der Waals surface area contributed by atoms with Crippen LogP contribution in [0.3, 0.4) is 0 Å². The van der Waals surface area contributed by atoms with Crippen molar-refractivity contribution < 1.29 is 13.2 Å². The molecular formula is C20H21ClN2O3S. The van der Waals surface area contributed by atoms with E-state index < -0.39 is 10.0 Å². The molecule has 142 valence electrons. The highest BCUT2D eigenvalue weighted by Gasteiger charge is 2.40. The number of anilines is 1. The van der Waals surface area contributed by atoms with Gasteiger partial charge in [0.2, 0.25) is 0 Å². The first-order chi connectivity index (χ1) is 12.9. The maximum absolute atomic E-state index is 12.7. The van der Waals surface area contributed by atoms with E-state index in [2.05, 4.69) is 10.0 Å². The number of rotatable bonds is 5. The van der Waals surface area contributed by atoms with Crippen LogP contribution in [0.5, 0.6) is 0 Å². The number of carbonyl (C=O) groups excluding carboxylic acids is 1. The van der Waals surface area contributed by atoms with Crippen molar-refractivity contribution in [3.05, 3.63) is 59.1 Å².